The van der Waals surface area contributed by atoms with E-state index in [-0.39, 0.29) is 17.2 Å². The highest BCUT2D eigenvalue weighted by molar-refractivity contribution is 5.98. The summed E-state index contributed by atoms with van der Waals surface area (Å²) in [5.41, 5.74) is 0.867. The van der Waals surface area contributed by atoms with E-state index in [2.05, 4.69) is 0 Å². The fourth-order valence-electron chi connectivity index (χ4n) is 1.45. The lowest BCUT2D eigenvalue weighted by atomic mass is 10.0. The Kier molecular flexibility index (Phi) is 3.04. The van der Waals surface area contributed by atoms with E-state index in [1.807, 2.05) is 0 Å². The number of aryl methyl sites for hydroxylation is 1. The second-order valence-corrected chi connectivity index (χ2v) is 3.15. The first-order chi connectivity index (χ1) is 6.97. The summed E-state index contributed by atoms with van der Waals surface area (Å²) in [4.78, 5) is 21.3. The average Bonchev–Trinajstić information content (AvgIpc) is 2.15. The fraction of sp³-hybridized carbons (Fsp3) is 0.300. The largest absolute Gasteiger partial charge is 0.496 e. The van der Waals surface area contributed by atoms with Crippen LogP contribution in [0.4, 0.5) is 5.69 Å². The highest BCUT2D eigenvalue weighted by Gasteiger charge is 2.17. The van der Waals surface area contributed by atoms with E-state index in [9.17, 15) is 14.9 Å². The van der Waals surface area contributed by atoms with Gasteiger partial charge in [0.05, 0.1) is 23.7 Å². The summed E-state index contributed by atoms with van der Waals surface area (Å²) in [6.07, 6.45) is 0. The number of hydrogen-bond acceptors (Lipinski definition) is 4. The predicted octanol–water partition coefficient (Wildman–Crippen LogP) is 2.11. The molecule has 0 unspecified atom stereocenters. The molecule has 0 aliphatic carbocycles. The van der Waals surface area contributed by atoms with Gasteiger partial charge in [-0.25, -0.2) is 0 Å². The van der Waals surface area contributed by atoms with E-state index >= 15 is 0 Å². The molecule has 0 heterocycles. The fourth-order valence-corrected chi connectivity index (χ4v) is 1.45. The minimum Gasteiger partial charge on any atom is -0.496 e. The van der Waals surface area contributed by atoms with Gasteiger partial charge < -0.3 is 4.74 Å². The van der Waals surface area contributed by atoms with Crippen molar-refractivity contribution in [2.75, 3.05) is 7.11 Å². The Morgan fingerprint density at radius 2 is 2.07 bits per heavy atom. The van der Waals surface area contributed by atoms with Gasteiger partial charge in [-0.3, -0.25) is 14.9 Å². The number of methoxy groups -OCH3 is 1. The van der Waals surface area contributed by atoms with Crippen LogP contribution in [-0.2, 0) is 0 Å². The van der Waals surface area contributed by atoms with Crippen LogP contribution in [-0.4, -0.2) is 17.8 Å². The number of benzene rings is 1. The molecule has 80 valence electrons. The van der Waals surface area contributed by atoms with Crippen molar-refractivity contribution in [2.24, 2.45) is 0 Å². The standard InChI is InChI=1S/C10H11NO4/c1-6-4-8(11(13)14)5-9(15-3)10(6)7(2)12/h4-5H,1-3H3. The zero-order valence-electron chi connectivity index (χ0n) is 8.73. The Morgan fingerprint density at radius 1 is 1.47 bits per heavy atom. The molecule has 0 aliphatic heterocycles. The number of nitrogens with zero attached hydrogens (tertiary/aromatic N) is 1. The van der Waals surface area contributed by atoms with Crippen LogP contribution in [0, 0.1) is 17.0 Å². The molecule has 0 aliphatic rings. The first-order valence-corrected chi connectivity index (χ1v) is 4.31. The van der Waals surface area contributed by atoms with Crippen LogP contribution in [0.5, 0.6) is 5.75 Å². The van der Waals surface area contributed by atoms with Crippen LogP contribution >= 0.6 is 0 Å². The lowest BCUT2D eigenvalue weighted by Gasteiger charge is -2.08. The maximum Gasteiger partial charge on any atom is 0.273 e. The normalized spacial score (nSPS) is 9.80. The number of rotatable bonds is 3. The number of carbonyl (C=O) groups is 1. The van der Waals surface area contributed by atoms with Gasteiger partial charge >= 0.3 is 0 Å². The minimum atomic E-state index is -0.514. The molecule has 0 amide bonds. The molecule has 0 aromatic heterocycles. The summed E-state index contributed by atoms with van der Waals surface area (Å²) >= 11 is 0. The summed E-state index contributed by atoms with van der Waals surface area (Å²) in [5.74, 6) is 0.0773. The van der Waals surface area contributed by atoms with Gasteiger partial charge in [-0.2, -0.15) is 0 Å². The Morgan fingerprint density at radius 3 is 2.47 bits per heavy atom. The zero-order valence-corrected chi connectivity index (χ0v) is 8.73. The number of nitro groups is 1. The summed E-state index contributed by atoms with van der Waals surface area (Å²) in [6, 6.07) is 2.61. The highest BCUT2D eigenvalue weighted by Crippen LogP contribution is 2.28. The smallest absolute Gasteiger partial charge is 0.273 e. The van der Waals surface area contributed by atoms with E-state index < -0.39 is 4.92 Å². The molecule has 1 aromatic carbocycles. The number of nitro benzene ring substituents is 1. The van der Waals surface area contributed by atoms with Crippen LogP contribution in [0.2, 0.25) is 0 Å². The zero-order chi connectivity index (χ0) is 11.6. The molecule has 0 spiro atoms. The second-order valence-electron chi connectivity index (χ2n) is 3.15. The molecule has 15 heavy (non-hydrogen) atoms. The molecule has 0 fully saturated rings. The summed E-state index contributed by atoms with van der Waals surface area (Å²) < 4.78 is 4.95. The van der Waals surface area contributed by atoms with E-state index in [0.717, 1.165) is 0 Å². The molecule has 0 saturated carbocycles. The number of ether oxygens (including phenoxy) is 1. The molecule has 0 radical (unpaired) electrons. The molecular formula is C10H11NO4. The molecule has 5 heteroatoms. The summed E-state index contributed by atoms with van der Waals surface area (Å²) in [7, 11) is 1.38. The van der Waals surface area contributed by atoms with Crippen LogP contribution in [0.1, 0.15) is 22.8 Å². The number of ketones is 1. The van der Waals surface area contributed by atoms with Gasteiger partial charge in [0.25, 0.3) is 5.69 Å². The lowest BCUT2D eigenvalue weighted by molar-refractivity contribution is -0.385. The topological polar surface area (TPSA) is 69.4 Å². The lowest BCUT2D eigenvalue weighted by Crippen LogP contribution is -2.02. The quantitative estimate of drug-likeness (QED) is 0.434. The maximum absolute atomic E-state index is 11.3. The van der Waals surface area contributed by atoms with Gasteiger partial charge in [-0.1, -0.05) is 0 Å². The number of Topliss-reactive ketones (excluding diaryl/α,β-unsaturated/α-hetero) is 1. The monoisotopic (exact) mass is 209 g/mol. The van der Waals surface area contributed by atoms with Crippen LogP contribution < -0.4 is 4.74 Å². The van der Waals surface area contributed by atoms with Gasteiger partial charge in [0.1, 0.15) is 5.75 Å². The summed E-state index contributed by atoms with van der Waals surface area (Å²) in [6.45, 7) is 3.04. The third kappa shape index (κ3) is 2.12. The van der Waals surface area contributed by atoms with Crippen LogP contribution in [0.25, 0.3) is 0 Å². The number of carbonyl (C=O) groups excluding carboxylic acids is 1. The van der Waals surface area contributed by atoms with Gasteiger partial charge in [0, 0.05) is 6.07 Å². The van der Waals surface area contributed by atoms with Gasteiger partial charge in [-0.05, 0) is 19.4 Å². The summed E-state index contributed by atoms with van der Waals surface area (Å²) in [5, 5.41) is 10.6. The SMILES string of the molecule is COc1cc([N+](=O)[O-])cc(C)c1C(C)=O. The van der Waals surface area contributed by atoms with Crippen molar-refractivity contribution < 1.29 is 14.5 Å². The number of hydrogen-bond donors (Lipinski definition) is 0. The van der Waals surface area contributed by atoms with Crippen molar-refractivity contribution in [1.82, 2.24) is 0 Å². The Bertz CT molecular complexity index is 426. The van der Waals surface area contributed by atoms with Crippen molar-refractivity contribution in [3.63, 3.8) is 0 Å². The maximum atomic E-state index is 11.3. The Hall–Kier alpha value is -1.91. The highest BCUT2D eigenvalue weighted by atomic mass is 16.6. The first-order valence-electron chi connectivity index (χ1n) is 4.31. The van der Waals surface area contributed by atoms with Crippen molar-refractivity contribution in [3.8, 4) is 5.75 Å². The van der Waals surface area contributed by atoms with Crippen molar-refractivity contribution in [2.45, 2.75) is 13.8 Å². The second kappa shape index (κ2) is 4.08. The van der Waals surface area contributed by atoms with E-state index in [0.29, 0.717) is 11.1 Å². The molecule has 0 saturated heterocycles. The third-order valence-corrected chi connectivity index (χ3v) is 2.07. The minimum absolute atomic E-state index is 0.0747. The van der Waals surface area contributed by atoms with Crippen LogP contribution in [0.3, 0.4) is 0 Å². The average molecular weight is 209 g/mol. The molecule has 1 aromatic rings. The van der Waals surface area contributed by atoms with E-state index in [1.54, 1.807) is 6.92 Å². The van der Waals surface area contributed by atoms with Crippen LogP contribution in [0.15, 0.2) is 12.1 Å². The van der Waals surface area contributed by atoms with Gasteiger partial charge in [-0.15, -0.1) is 0 Å². The van der Waals surface area contributed by atoms with Crippen molar-refractivity contribution in [3.05, 3.63) is 33.4 Å². The van der Waals surface area contributed by atoms with Gasteiger partial charge in [0.15, 0.2) is 5.78 Å². The van der Waals surface area contributed by atoms with E-state index in [1.165, 1.54) is 26.2 Å². The van der Waals surface area contributed by atoms with E-state index in [4.69, 9.17) is 4.74 Å². The van der Waals surface area contributed by atoms with Crippen molar-refractivity contribution >= 4 is 11.5 Å². The van der Waals surface area contributed by atoms with Crippen molar-refractivity contribution in [1.29, 1.82) is 0 Å². The Balaban J connectivity index is 3.43. The molecule has 1 rings (SSSR count). The molecule has 0 bridgehead atoms. The Labute approximate surface area is 86.8 Å². The third-order valence-electron chi connectivity index (χ3n) is 2.07. The molecule has 0 N–H and O–H groups in total. The number of non-ortho nitro benzene ring substituents is 1. The van der Waals surface area contributed by atoms with Gasteiger partial charge in [0.2, 0.25) is 0 Å². The predicted molar refractivity (Wildman–Crippen MR) is 54.4 cm³/mol. The molecule has 5 nitrogen and oxygen atoms in total. The first kappa shape index (κ1) is 11.2. The molecular weight excluding hydrogens is 198 g/mol. The molecule has 0 atom stereocenters.